The Labute approximate surface area is 127 Å². The fourth-order valence-corrected chi connectivity index (χ4v) is 5.73. The summed E-state index contributed by atoms with van der Waals surface area (Å²) in [7, 11) is 0. The predicted octanol–water partition coefficient (Wildman–Crippen LogP) is 3.29. The Bertz CT molecular complexity index is 465. The van der Waals surface area contributed by atoms with Crippen LogP contribution < -0.4 is 10.6 Å². The zero-order valence-electron chi connectivity index (χ0n) is 9.71. The monoisotopic (exact) mass is 392 g/mol. The van der Waals surface area contributed by atoms with Crippen molar-refractivity contribution in [3.63, 3.8) is 0 Å². The van der Waals surface area contributed by atoms with Crippen molar-refractivity contribution in [2.24, 2.45) is 0 Å². The Hall–Kier alpha value is 0.0900. The van der Waals surface area contributed by atoms with Crippen molar-refractivity contribution >= 4 is 49.1 Å². The minimum Gasteiger partial charge on any atom is -0.349 e. The van der Waals surface area contributed by atoms with E-state index in [1.165, 1.54) is 24.2 Å². The fourth-order valence-electron chi connectivity index (χ4n) is 2.93. The standard InChI is InChI=1S/C12H14Br2N2OS/c13-10-5-9(11(14)18-10)12(17)16-8-3-6-1-2-7(4-8)15-6/h5-8,15H,1-4H2,(H,16,17). The van der Waals surface area contributed by atoms with Gasteiger partial charge in [-0.05, 0) is 63.6 Å². The van der Waals surface area contributed by atoms with E-state index in [-0.39, 0.29) is 5.91 Å². The van der Waals surface area contributed by atoms with Crippen LogP contribution in [0, 0.1) is 0 Å². The van der Waals surface area contributed by atoms with Gasteiger partial charge >= 0.3 is 0 Å². The molecule has 6 heteroatoms. The van der Waals surface area contributed by atoms with Crippen LogP contribution in [0.1, 0.15) is 36.0 Å². The van der Waals surface area contributed by atoms with E-state index >= 15 is 0 Å². The second-order valence-corrected chi connectivity index (χ2v) is 8.77. The van der Waals surface area contributed by atoms with E-state index in [0.29, 0.717) is 18.1 Å². The van der Waals surface area contributed by atoms with E-state index in [1.54, 1.807) is 0 Å². The number of amides is 1. The molecule has 1 aromatic heterocycles. The van der Waals surface area contributed by atoms with Crippen molar-refractivity contribution in [2.45, 2.75) is 43.8 Å². The lowest BCUT2D eigenvalue weighted by atomic mass is 9.99. The summed E-state index contributed by atoms with van der Waals surface area (Å²) in [6, 6.07) is 3.40. The normalized spacial score (nSPS) is 30.4. The number of carbonyl (C=O) groups is 1. The van der Waals surface area contributed by atoms with Crippen LogP contribution >= 0.6 is 43.2 Å². The van der Waals surface area contributed by atoms with Crippen LogP contribution in [0.15, 0.2) is 13.6 Å². The largest absolute Gasteiger partial charge is 0.349 e. The lowest BCUT2D eigenvalue weighted by molar-refractivity contribution is 0.0923. The summed E-state index contributed by atoms with van der Waals surface area (Å²) in [5.74, 6) is 0.0372. The molecule has 0 spiro atoms. The van der Waals surface area contributed by atoms with E-state index in [1.807, 2.05) is 6.07 Å². The molecule has 1 amide bonds. The molecule has 2 fully saturated rings. The van der Waals surface area contributed by atoms with Crippen molar-refractivity contribution in [3.05, 3.63) is 19.2 Å². The van der Waals surface area contributed by atoms with Crippen LogP contribution in [0.3, 0.4) is 0 Å². The second kappa shape index (κ2) is 5.23. The molecule has 3 nitrogen and oxygen atoms in total. The van der Waals surface area contributed by atoms with Crippen LogP contribution in [0.2, 0.25) is 0 Å². The highest BCUT2D eigenvalue weighted by molar-refractivity contribution is 9.12. The van der Waals surface area contributed by atoms with Gasteiger partial charge < -0.3 is 10.6 Å². The minimum absolute atomic E-state index is 0.0372. The third-order valence-electron chi connectivity index (χ3n) is 3.71. The van der Waals surface area contributed by atoms with Crippen molar-refractivity contribution < 1.29 is 4.79 Å². The van der Waals surface area contributed by atoms with Gasteiger partial charge in [0, 0.05) is 18.1 Å². The summed E-state index contributed by atoms with van der Waals surface area (Å²) in [4.78, 5) is 12.2. The second-order valence-electron chi connectivity index (χ2n) is 5.02. The van der Waals surface area contributed by atoms with E-state index in [4.69, 9.17) is 0 Å². The van der Waals surface area contributed by atoms with Gasteiger partial charge in [-0.3, -0.25) is 4.79 Å². The third-order valence-corrected chi connectivity index (χ3v) is 6.05. The topological polar surface area (TPSA) is 41.1 Å². The Balaban J connectivity index is 1.66. The first kappa shape index (κ1) is 13.1. The molecule has 0 saturated carbocycles. The van der Waals surface area contributed by atoms with Gasteiger partial charge in [0.05, 0.1) is 13.1 Å². The Kier molecular flexibility index (Phi) is 3.80. The Morgan fingerprint density at radius 1 is 1.33 bits per heavy atom. The highest BCUT2D eigenvalue weighted by Crippen LogP contribution is 2.32. The summed E-state index contributed by atoms with van der Waals surface area (Å²) >= 11 is 8.37. The number of hydrogen-bond donors (Lipinski definition) is 2. The van der Waals surface area contributed by atoms with E-state index in [0.717, 1.165) is 26.0 Å². The number of nitrogens with one attached hydrogen (secondary N) is 2. The molecule has 2 saturated heterocycles. The molecule has 3 rings (SSSR count). The molecule has 2 unspecified atom stereocenters. The zero-order chi connectivity index (χ0) is 12.7. The number of halogens is 2. The summed E-state index contributed by atoms with van der Waals surface area (Å²) < 4.78 is 1.87. The lowest BCUT2D eigenvalue weighted by Gasteiger charge is -2.29. The maximum absolute atomic E-state index is 12.2. The first-order valence-corrected chi connectivity index (χ1v) is 8.54. The molecule has 2 aliphatic heterocycles. The number of carbonyl (C=O) groups excluding carboxylic acids is 1. The SMILES string of the molecule is O=C(NC1CC2CCC(C1)N2)c1cc(Br)sc1Br. The molecule has 0 aromatic carbocycles. The number of rotatable bonds is 2. The van der Waals surface area contributed by atoms with Gasteiger partial charge in [-0.25, -0.2) is 0 Å². The lowest BCUT2D eigenvalue weighted by Crippen LogP contribution is -2.48. The van der Waals surface area contributed by atoms with Crippen LogP contribution in [-0.4, -0.2) is 24.0 Å². The van der Waals surface area contributed by atoms with Crippen LogP contribution in [0.5, 0.6) is 0 Å². The maximum Gasteiger partial charge on any atom is 0.253 e. The van der Waals surface area contributed by atoms with Crippen molar-refractivity contribution in [1.29, 1.82) is 0 Å². The summed E-state index contributed by atoms with van der Waals surface area (Å²) in [5.41, 5.74) is 0.734. The highest BCUT2D eigenvalue weighted by Gasteiger charge is 2.34. The van der Waals surface area contributed by atoms with Gasteiger partial charge in [0.2, 0.25) is 0 Å². The third kappa shape index (κ3) is 2.66. The number of thiophene rings is 1. The van der Waals surface area contributed by atoms with Crippen molar-refractivity contribution in [2.75, 3.05) is 0 Å². The molecule has 0 radical (unpaired) electrons. The first-order valence-electron chi connectivity index (χ1n) is 6.13. The summed E-state index contributed by atoms with van der Waals surface area (Å²) in [6.45, 7) is 0. The van der Waals surface area contributed by atoms with Crippen molar-refractivity contribution in [1.82, 2.24) is 10.6 Å². The molecule has 1 aromatic rings. The quantitative estimate of drug-likeness (QED) is 0.809. The molecule has 2 bridgehead atoms. The number of hydrogen-bond acceptors (Lipinski definition) is 3. The van der Waals surface area contributed by atoms with E-state index in [2.05, 4.69) is 42.5 Å². The average molecular weight is 394 g/mol. The van der Waals surface area contributed by atoms with Gasteiger partial charge in [0.1, 0.15) is 0 Å². The highest BCUT2D eigenvalue weighted by atomic mass is 79.9. The molecular weight excluding hydrogens is 380 g/mol. The van der Waals surface area contributed by atoms with Crippen LogP contribution in [0.4, 0.5) is 0 Å². The number of fused-ring (bicyclic) bond motifs is 2. The van der Waals surface area contributed by atoms with Crippen LogP contribution in [0.25, 0.3) is 0 Å². The van der Waals surface area contributed by atoms with Gasteiger partial charge in [-0.1, -0.05) is 0 Å². The minimum atomic E-state index is 0.0372. The van der Waals surface area contributed by atoms with E-state index in [9.17, 15) is 4.79 Å². The van der Waals surface area contributed by atoms with Gasteiger partial charge in [-0.15, -0.1) is 11.3 Å². The zero-order valence-corrected chi connectivity index (χ0v) is 13.7. The molecular formula is C12H14Br2N2OS. The molecule has 2 aliphatic rings. The summed E-state index contributed by atoms with van der Waals surface area (Å²) in [5, 5.41) is 6.75. The molecule has 2 atom stereocenters. The Morgan fingerprint density at radius 2 is 2.00 bits per heavy atom. The van der Waals surface area contributed by atoms with Crippen LogP contribution in [-0.2, 0) is 0 Å². The maximum atomic E-state index is 12.2. The van der Waals surface area contributed by atoms with Gasteiger partial charge in [-0.2, -0.15) is 0 Å². The molecule has 98 valence electrons. The summed E-state index contributed by atoms with van der Waals surface area (Å²) in [6.07, 6.45) is 4.63. The smallest absolute Gasteiger partial charge is 0.253 e. The molecule has 2 N–H and O–H groups in total. The van der Waals surface area contributed by atoms with Gasteiger partial charge in [0.15, 0.2) is 0 Å². The van der Waals surface area contributed by atoms with Crippen molar-refractivity contribution in [3.8, 4) is 0 Å². The first-order chi connectivity index (χ1) is 8.61. The average Bonchev–Trinajstić information content (AvgIpc) is 2.81. The Morgan fingerprint density at radius 3 is 2.56 bits per heavy atom. The van der Waals surface area contributed by atoms with E-state index < -0.39 is 0 Å². The fraction of sp³-hybridized carbons (Fsp3) is 0.583. The number of piperidine rings is 1. The molecule has 0 aliphatic carbocycles. The van der Waals surface area contributed by atoms with Gasteiger partial charge in [0.25, 0.3) is 5.91 Å². The molecule has 3 heterocycles. The molecule has 18 heavy (non-hydrogen) atoms. The predicted molar refractivity (Wildman–Crippen MR) is 80.2 cm³/mol.